The van der Waals surface area contributed by atoms with Crippen LogP contribution >= 0.6 is 11.3 Å². The standard InChI is InChI=1S/C14H21N5O2S/c1-11(7-19-10-15-9-16-19)17-14(21)18(5-6-20)8-13-4-3-12(2)22-13/h3-4,9-11,20H,5-8H2,1-2H3,(H,17,21)/t11-/m1/s1. The molecule has 0 bridgehead atoms. The number of hydrogen-bond donors (Lipinski definition) is 2. The van der Waals surface area contributed by atoms with E-state index < -0.39 is 0 Å². The summed E-state index contributed by atoms with van der Waals surface area (Å²) in [6, 6.07) is 3.77. The molecule has 0 spiro atoms. The maximum absolute atomic E-state index is 12.3. The van der Waals surface area contributed by atoms with Crippen LogP contribution in [0.3, 0.4) is 0 Å². The number of nitrogens with one attached hydrogen (secondary N) is 1. The number of amides is 2. The number of nitrogens with zero attached hydrogens (tertiary/aromatic N) is 4. The number of aryl methyl sites for hydroxylation is 1. The van der Waals surface area contributed by atoms with Gasteiger partial charge in [0.05, 0.1) is 19.7 Å². The molecule has 0 aromatic carbocycles. The number of hydrogen-bond acceptors (Lipinski definition) is 5. The molecule has 0 unspecified atom stereocenters. The van der Waals surface area contributed by atoms with Crippen molar-refractivity contribution in [2.45, 2.75) is 33.0 Å². The van der Waals surface area contributed by atoms with Crippen LogP contribution in [0.4, 0.5) is 4.79 Å². The maximum Gasteiger partial charge on any atom is 0.318 e. The normalized spacial score (nSPS) is 12.1. The van der Waals surface area contributed by atoms with Crippen LogP contribution in [-0.2, 0) is 13.1 Å². The van der Waals surface area contributed by atoms with Crippen molar-refractivity contribution >= 4 is 17.4 Å². The zero-order valence-electron chi connectivity index (χ0n) is 12.8. The highest BCUT2D eigenvalue weighted by molar-refractivity contribution is 7.11. The predicted molar refractivity (Wildman–Crippen MR) is 84.6 cm³/mol. The average molecular weight is 323 g/mol. The van der Waals surface area contributed by atoms with E-state index in [2.05, 4.69) is 15.4 Å². The van der Waals surface area contributed by atoms with Crippen LogP contribution in [0, 0.1) is 6.92 Å². The lowest BCUT2D eigenvalue weighted by Crippen LogP contribution is -2.45. The number of rotatable bonds is 7. The first kappa shape index (κ1) is 16.4. The van der Waals surface area contributed by atoms with Gasteiger partial charge < -0.3 is 15.3 Å². The molecule has 22 heavy (non-hydrogen) atoms. The molecule has 2 heterocycles. The molecule has 8 heteroatoms. The Morgan fingerprint density at radius 3 is 2.95 bits per heavy atom. The van der Waals surface area contributed by atoms with Crippen molar-refractivity contribution in [3.05, 3.63) is 34.5 Å². The quantitative estimate of drug-likeness (QED) is 0.803. The van der Waals surface area contributed by atoms with Gasteiger partial charge in [-0.05, 0) is 26.0 Å². The molecule has 2 N–H and O–H groups in total. The zero-order chi connectivity index (χ0) is 15.9. The number of urea groups is 1. The molecule has 0 fully saturated rings. The van der Waals surface area contributed by atoms with Gasteiger partial charge in [0.1, 0.15) is 12.7 Å². The third kappa shape index (κ3) is 4.81. The predicted octanol–water partition coefficient (Wildman–Crippen LogP) is 1.24. The van der Waals surface area contributed by atoms with Crippen molar-refractivity contribution in [2.75, 3.05) is 13.2 Å². The number of aliphatic hydroxyl groups excluding tert-OH is 1. The Morgan fingerprint density at radius 1 is 1.55 bits per heavy atom. The van der Waals surface area contributed by atoms with Crippen molar-refractivity contribution in [1.29, 1.82) is 0 Å². The van der Waals surface area contributed by atoms with Crippen LogP contribution in [0.5, 0.6) is 0 Å². The molecule has 7 nitrogen and oxygen atoms in total. The molecule has 2 aromatic rings. The van der Waals surface area contributed by atoms with Crippen LogP contribution in [0.25, 0.3) is 0 Å². The van der Waals surface area contributed by atoms with Gasteiger partial charge in [-0.15, -0.1) is 11.3 Å². The fraction of sp³-hybridized carbons (Fsp3) is 0.500. The molecule has 120 valence electrons. The van der Waals surface area contributed by atoms with Crippen LogP contribution in [-0.4, -0.2) is 50.0 Å². The largest absolute Gasteiger partial charge is 0.395 e. The van der Waals surface area contributed by atoms with Crippen LogP contribution < -0.4 is 5.32 Å². The molecule has 0 radical (unpaired) electrons. The minimum Gasteiger partial charge on any atom is -0.395 e. The lowest BCUT2D eigenvalue weighted by atomic mass is 10.3. The van der Waals surface area contributed by atoms with Crippen molar-refractivity contribution in [2.24, 2.45) is 0 Å². The topological polar surface area (TPSA) is 83.3 Å². The summed E-state index contributed by atoms with van der Waals surface area (Å²) in [5, 5.41) is 16.1. The molecule has 0 saturated heterocycles. The van der Waals surface area contributed by atoms with E-state index >= 15 is 0 Å². The van der Waals surface area contributed by atoms with Gasteiger partial charge in [-0.3, -0.25) is 4.68 Å². The number of carbonyl (C=O) groups excluding carboxylic acids is 1. The highest BCUT2D eigenvalue weighted by Crippen LogP contribution is 2.17. The first-order valence-electron chi connectivity index (χ1n) is 7.12. The summed E-state index contributed by atoms with van der Waals surface area (Å²) in [6.07, 6.45) is 3.08. The summed E-state index contributed by atoms with van der Waals surface area (Å²) >= 11 is 1.66. The second kappa shape index (κ2) is 7.90. The first-order valence-corrected chi connectivity index (χ1v) is 7.94. The number of thiophene rings is 1. The summed E-state index contributed by atoms with van der Waals surface area (Å²) in [6.45, 7) is 5.24. The van der Waals surface area contributed by atoms with Crippen LogP contribution in [0.15, 0.2) is 24.8 Å². The SMILES string of the molecule is Cc1ccc(CN(CCO)C(=O)N[C@H](C)Cn2cncn2)s1. The summed E-state index contributed by atoms with van der Waals surface area (Å²) in [7, 11) is 0. The summed E-state index contributed by atoms with van der Waals surface area (Å²) in [4.78, 5) is 20.1. The van der Waals surface area contributed by atoms with Crippen LogP contribution in [0.2, 0.25) is 0 Å². The first-order chi connectivity index (χ1) is 10.6. The van der Waals surface area contributed by atoms with Gasteiger partial charge in [0.25, 0.3) is 0 Å². The molecule has 1 atom stereocenters. The van der Waals surface area contributed by atoms with Gasteiger partial charge in [-0.2, -0.15) is 5.10 Å². The lowest BCUT2D eigenvalue weighted by Gasteiger charge is -2.24. The third-order valence-electron chi connectivity index (χ3n) is 3.10. The molecule has 0 aliphatic rings. The van der Waals surface area contributed by atoms with Gasteiger partial charge in [0, 0.05) is 22.3 Å². The fourth-order valence-corrected chi connectivity index (χ4v) is 2.99. The monoisotopic (exact) mass is 323 g/mol. The van der Waals surface area contributed by atoms with E-state index in [1.807, 2.05) is 26.0 Å². The van der Waals surface area contributed by atoms with Crippen molar-refractivity contribution in [3.8, 4) is 0 Å². The van der Waals surface area contributed by atoms with Gasteiger partial charge in [0.15, 0.2) is 0 Å². The minimum atomic E-state index is -0.187. The highest BCUT2D eigenvalue weighted by Gasteiger charge is 2.16. The Hall–Kier alpha value is -1.93. The summed E-state index contributed by atoms with van der Waals surface area (Å²) < 4.78 is 1.67. The maximum atomic E-state index is 12.3. The zero-order valence-corrected chi connectivity index (χ0v) is 13.6. The van der Waals surface area contributed by atoms with E-state index in [-0.39, 0.29) is 18.7 Å². The Morgan fingerprint density at radius 2 is 2.36 bits per heavy atom. The molecular formula is C14H21N5O2S. The molecule has 2 amide bonds. The number of aromatic nitrogens is 3. The average Bonchev–Trinajstić information content (AvgIpc) is 3.10. The number of carbonyl (C=O) groups is 1. The molecule has 0 saturated carbocycles. The van der Waals surface area contributed by atoms with Crippen molar-refractivity contribution in [3.63, 3.8) is 0 Å². The van der Waals surface area contributed by atoms with E-state index in [0.717, 1.165) is 4.88 Å². The molecular weight excluding hydrogens is 302 g/mol. The van der Waals surface area contributed by atoms with Crippen molar-refractivity contribution in [1.82, 2.24) is 25.0 Å². The Kier molecular flexibility index (Phi) is 5.91. The van der Waals surface area contributed by atoms with E-state index in [9.17, 15) is 4.79 Å². The lowest BCUT2D eigenvalue weighted by molar-refractivity contribution is 0.171. The molecule has 0 aliphatic heterocycles. The van der Waals surface area contributed by atoms with E-state index in [4.69, 9.17) is 5.11 Å². The van der Waals surface area contributed by atoms with E-state index in [0.29, 0.717) is 19.6 Å². The Balaban J connectivity index is 1.90. The number of aliphatic hydroxyl groups is 1. The highest BCUT2D eigenvalue weighted by atomic mass is 32.1. The van der Waals surface area contributed by atoms with Gasteiger partial charge >= 0.3 is 6.03 Å². The van der Waals surface area contributed by atoms with Crippen LogP contribution in [0.1, 0.15) is 16.7 Å². The molecule has 0 aliphatic carbocycles. The fourth-order valence-electron chi connectivity index (χ4n) is 2.09. The van der Waals surface area contributed by atoms with Gasteiger partial charge in [-0.25, -0.2) is 9.78 Å². The molecule has 2 rings (SSSR count). The third-order valence-corrected chi connectivity index (χ3v) is 4.08. The van der Waals surface area contributed by atoms with Gasteiger partial charge in [-0.1, -0.05) is 0 Å². The van der Waals surface area contributed by atoms with E-state index in [1.54, 1.807) is 27.2 Å². The Bertz CT molecular complexity index is 584. The van der Waals surface area contributed by atoms with E-state index in [1.165, 1.54) is 11.2 Å². The molecule has 2 aromatic heterocycles. The second-order valence-electron chi connectivity index (χ2n) is 5.13. The minimum absolute atomic E-state index is 0.0603. The smallest absolute Gasteiger partial charge is 0.318 e. The summed E-state index contributed by atoms with van der Waals surface area (Å²) in [5.41, 5.74) is 0. The second-order valence-corrected chi connectivity index (χ2v) is 6.50. The summed E-state index contributed by atoms with van der Waals surface area (Å²) in [5.74, 6) is 0. The van der Waals surface area contributed by atoms with Gasteiger partial charge in [0.2, 0.25) is 0 Å². The Labute approximate surface area is 133 Å². The van der Waals surface area contributed by atoms with Crippen molar-refractivity contribution < 1.29 is 9.90 Å².